The number of primary amides is 1. The van der Waals surface area contributed by atoms with Crippen molar-refractivity contribution in [3.63, 3.8) is 0 Å². The van der Waals surface area contributed by atoms with Crippen molar-refractivity contribution in [3.05, 3.63) is 0 Å². The third-order valence-electron chi connectivity index (χ3n) is 2.48. The van der Waals surface area contributed by atoms with Gasteiger partial charge in [-0.05, 0) is 12.8 Å². The molecule has 0 aromatic carbocycles. The van der Waals surface area contributed by atoms with Crippen LogP contribution < -0.4 is 16.4 Å². The first-order valence-corrected chi connectivity index (χ1v) is 5.92. The first-order valence-electron chi connectivity index (χ1n) is 5.92. The van der Waals surface area contributed by atoms with Crippen molar-refractivity contribution in [3.8, 4) is 12.3 Å². The molecule has 0 aliphatic rings. The normalized spacial score (nSPS) is 12.8. The van der Waals surface area contributed by atoms with Crippen molar-refractivity contribution in [2.45, 2.75) is 44.7 Å². The molecule has 0 fully saturated rings. The number of hydrogen-bond acceptors (Lipinski definition) is 3. The second-order valence-electron chi connectivity index (χ2n) is 4.03. The minimum atomic E-state index is -1.22. The lowest BCUT2D eigenvalue weighted by atomic mass is 10.1. The van der Waals surface area contributed by atoms with Crippen LogP contribution in [0, 0.1) is 12.3 Å². The second-order valence-corrected chi connectivity index (χ2v) is 4.03. The molecule has 0 saturated heterocycles. The summed E-state index contributed by atoms with van der Waals surface area (Å²) in [5.41, 5.74) is 4.93. The number of terminal acetylenes is 1. The Bertz CT molecular complexity index is 376. The Balaban J connectivity index is 4.34. The van der Waals surface area contributed by atoms with Crippen LogP contribution in [0.2, 0.25) is 0 Å². The first-order chi connectivity index (χ1) is 8.90. The summed E-state index contributed by atoms with van der Waals surface area (Å²) in [6, 6.07) is -2.00. The number of amides is 3. The summed E-state index contributed by atoms with van der Waals surface area (Å²) >= 11 is 0. The summed E-state index contributed by atoms with van der Waals surface area (Å²) in [7, 11) is 0. The summed E-state index contributed by atoms with van der Waals surface area (Å²) in [6.07, 6.45) is 5.98. The Kier molecular flexibility index (Phi) is 7.77. The molecule has 0 aliphatic heterocycles. The molecule has 5 N–H and O–H groups in total. The molecule has 0 aromatic rings. The van der Waals surface area contributed by atoms with E-state index in [2.05, 4.69) is 16.6 Å². The van der Waals surface area contributed by atoms with Gasteiger partial charge in [-0.3, -0.25) is 4.79 Å². The molecule has 0 bridgehead atoms. The number of carboxylic acids is 1. The van der Waals surface area contributed by atoms with Crippen LogP contribution in [-0.4, -0.2) is 35.1 Å². The van der Waals surface area contributed by atoms with Crippen LogP contribution >= 0.6 is 0 Å². The standard InChI is InChI=1S/C12H19N3O4/c1-3-5-8(4-2)14-12(19)15-9(11(17)18)6-7-10(13)16/h1,8-9H,4-7H2,2H3,(H2,13,16)(H,17,18)(H2,14,15,19). The third kappa shape index (κ3) is 7.65. The zero-order valence-corrected chi connectivity index (χ0v) is 10.8. The number of carbonyl (C=O) groups is 3. The van der Waals surface area contributed by atoms with Crippen LogP contribution in [0.5, 0.6) is 0 Å². The molecule has 0 saturated carbocycles. The number of nitrogens with two attached hydrogens (primary N) is 1. The van der Waals surface area contributed by atoms with Gasteiger partial charge in [0, 0.05) is 18.9 Å². The highest BCUT2D eigenvalue weighted by molar-refractivity contribution is 5.83. The van der Waals surface area contributed by atoms with E-state index < -0.39 is 23.9 Å². The molecule has 3 amide bonds. The average molecular weight is 269 g/mol. The highest BCUT2D eigenvalue weighted by Crippen LogP contribution is 1.99. The van der Waals surface area contributed by atoms with Crippen LogP contribution in [0.4, 0.5) is 4.79 Å². The highest BCUT2D eigenvalue weighted by Gasteiger charge is 2.21. The SMILES string of the molecule is C#CCC(CC)NC(=O)NC(CCC(N)=O)C(=O)O. The number of aliphatic carboxylic acids is 1. The molecule has 2 atom stereocenters. The molecule has 2 unspecified atom stereocenters. The van der Waals surface area contributed by atoms with Gasteiger partial charge < -0.3 is 21.5 Å². The second kappa shape index (κ2) is 8.80. The number of carbonyl (C=O) groups excluding carboxylic acids is 2. The quantitative estimate of drug-likeness (QED) is 0.456. The van der Waals surface area contributed by atoms with Crippen molar-refractivity contribution >= 4 is 17.9 Å². The van der Waals surface area contributed by atoms with Crippen molar-refractivity contribution in [1.82, 2.24) is 10.6 Å². The highest BCUT2D eigenvalue weighted by atomic mass is 16.4. The predicted molar refractivity (Wildman–Crippen MR) is 69.0 cm³/mol. The summed E-state index contributed by atoms with van der Waals surface area (Å²) in [5.74, 6) is 0.581. The van der Waals surface area contributed by atoms with E-state index in [-0.39, 0.29) is 18.9 Å². The molecule has 0 aromatic heterocycles. The topological polar surface area (TPSA) is 122 Å². The third-order valence-corrected chi connectivity index (χ3v) is 2.48. The molecule has 106 valence electrons. The number of nitrogens with one attached hydrogen (secondary N) is 2. The summed E-state index contributed by atoms with van der Waals surface area (Å²) < 4.78 is 0. The van der Waals surface area contributed by atoms with E-state index in [1.165, 1.54) is 0 Å². The minimum absolute atomic E-state index is 0.0516. The molecule has 0 rings (SSSR count). The molecule has 7 nitrogen and oxygen atoms in total. The number of rotatable bonds is 8. The van der Waals surface area contributed by atoms with E-state index in [0.29, 0.717) is 12.8 Å². The lowest BCUT2D eigenvalue weighted by molar-refractivity contribution is -0.139. The van der Waals surface area contributed by atoms with Crippen molar-refractivity contribution in [1.29, 1.82) is 0 Å². The van der Waals surface area contributed by atoms with Gasteiger partial charge in [0.25, 0.3) is 0 Å². The van der Waals surface area contributed by atoms with Crippen LogP contribution in [0.3, 0.4) is 0 Å². The molecule has 0 aliphatic carbocycles. The number of carboxylic acid groups (broad SMARTS) is 1. The van der Waals surface area contributed by atoms with Gasteiger partial charge in [-0.1, -0.05) is 6.92 Å². The summed E-state index contributed by atoms with van der Waals surface area (Å²) in [4.78, 5) is 33.1. The van der Waals surface area contributed by atoms with Crippen LogP contribution in [0.15, 0.2) is 0 Å². The van der Waals surface area contributed by atoms with Crippen molar-refractivity contribution < 1.29 is 19.5 Å². The Hall–Kier alpha value is -2.23. The Morgan fingerprint density at radius 1 is 1.37 bits per heavy atom. The predicted octanol–water partition coefficient (Wildman–Crippen LogP) is -0.194. The molecular weight excluding hydrogens is 250 g/mol. The van der Waals surface area contributed by atoms with E-state index in [0.717, 1.165) is 0 Å². The van der Waals surface area contributed by atoms with E-state index in [4.69, 9.17) is 17.3 Å². The fraction of sp³-hybridized carbons (Fsp3) is 0.583. The fourth-order valence-electron chi connectivity index (χ4n) is 1.37. The summed E-state index contributed by atoms with van der Waals surface area (Å²) in [5, 5.41) is 13.7. The lowest BCUT2D eigenvalue weighted by Gasteiger charge is -2.18. The van der Waals surface area contributed by atoms with Gasteiger partial charge in [0.05, 0.1) is 0 Å². The van der Waals surface area contributed by atoms with Crippen LogP contribution in [-0.2, 0) is 9.59 Å². The Labute approximate surface area is 111 Å². The van der Waals surface area contributed by atoms with Gasteiger partial charge >= 0.3 is 12.0 Å². The van der Waals surface area contributed by atoms with Crippen LogP contribution in [0.25, 0.3) is 0 Å². The Morgan fingerprint density at radius 2 is 2.00 bits per heavy atom. The molecule has 0 heterocycles. The maximum atomic E-state index is 11.6. The molecule has 7 heteroatoms. The zero-order valence-electron chi connectivity index (χ0n) is 10.8. The van der Waals surface area contributed by atoms with E-state index in [1.807, 2.05) is 6.92 Å². The van der Waals surface area contributed by atoms with E-state index in [1.54, 1.807) is 0 Å². The van der Waals surface area contributed by atoms with Crippen molar-refractivity contribution in [2.24, 2.45) is 5.73 Å². The fourth-order valence-corrected chi connectivity index (χ4v) is 1.37. The first kappa shape index (κ1) is 16.8. The summed E-state index contributed by atoms with van der Waals surface area (Å²) in [6.45, 7) is 1.85. The van der Waals surface area contributed by atoms with Crippen LogP contribution in [0.1, 0.15) is 32.6 Å². The monoisotopic (exact) mass is 269 g/mol. The smallest absolute Gasteiger partial charge is 0.326 e. The maximum absolute atomic E-state index is 11.6. The lowest BCUT2D eigenvalue weighted by Crippen LogP contribution is -2.49. The van der Waals surface area contributed by atoms with Gasteiger partial charge in [0.15, 0.2) is 0 Å². The zero-order chi connectivity index (χ0) is 14.8. The molecule has 0 spiro atoms. The Morgan fingerprint density at radius 3 is 2.42 bits per heavy atom. The van der Waals surface area contributed by atoms with Gasteiger partial charge in [-0.2, -0.15) is 0 Å². The van der Waals surface area contributed by atoms with Gasteiger partial charge in [0.1, 0.15) is 6.04 Å². The largest absolute Gasteiger partial charge is 0.480 e. The van der Waals surface area contributed by atoms with Gasteiger partial charge in [-0.15, -0.1) is 12.3 Å². The van der Waals surface area contributed by atoms with E-state index >= 15 is 0 Å². The van der Waals surface area contributed by atoms with Gasteiger partial charge in [0.2, 0.25) is 5.91 Å². The molecular formula is C12H19N3O4. The van der Waals surface area contributed by atoms with E-state index in [9.17, 15) is 14.4 Å². The van der Waals surface area contributed by atoms with Crippen molar-refractivity contribution in [2.75, 3.05) is 0 Å². The van der Waals surface area contributed by atoms with Gasteiger partial charge in [-0.25, -0.2) is 9.59 Å². The number of hydrogen-bond donors (Lipinski definition) is 4. The minimum Gasteiger partial charge on any atom is -0.480 e. The molecule has 0 radical (unpaired) electrons. The molecule has 19 heavy (non-hydrogen) atoms. The average Bonchev–Trinajstić information content (AvgIpc) is 2.33. The number of urea groups is 1. The maximum Gasteiger partial charge on any atom is 0.326 e.